The van der Waals surface area contributed by atoms with Gasteiger partial charge in [-0.15, -0.1) is 0 Å². The first-order valence-electron chi connectivity index (χ1n) is 9.42. The number of rotatable bonds is 5. The minimum absolute atomic E-state index is 0.106. The molecule has 4 rings (SSSR count). The highest BCUT2D eigenvalue weighted by Gasteiger charge is 2.17. The van der Waals surface area contributed by atoms with E-state index < -0.39 is 0 Å². The molecule has 0 saturated heterocycles. The topological polar surface area (TPSA) is 56.9 Å². The third-order valence-electron chi connectivity index (χ3n) is 5.23. The molecule has 2 heterocycles. The number of hydrogen-bond donors (Lipinski definition) is 0. The predicted octanol–water partition coefficient (Wildman–Crippen LogP) is 4.54. The second-order valence-corrected chi connectivity index (χ2v) is 7.70. The van der Waals surface area contributed by atoms with Gasteiger partial charge in [0.15, 0.2) is 5.78 Å². The molecule has 0 radical (unpaired) electrons. The van der Waals surface area contributed by atoms with Crippen molar-refractivity contribution in [3.8, 4) is 0 Å². The van der Waals surface area contributed by atoms with Crippen LogP contribution in [0.5, 0.6) is 0 Å². The summed E-state index contributed by atoms with van der Waals surface area (Å²) in [6.07, 6.45) is 1.37. The molecule has 5 nitrogen and oxygen atoms in total. The molecule has 0 aliphatic heterocycles. The Labute approximate surface area is 177 Å². The van der Waals surface area contributed by atoms with E-state index in [9.17, 15) is 14.0 Å². The molecule has 0 spiro atoms. The molecule has 7 heteroatoms. The summed E-state index contributed by atoms with van der Waals surface area (Å²) >= 11 is 5.95. The lowest BCUT2D eigenvalue weighted by molar-refractivity contribution is 0.0970. The number of carbonyl (C=O) groups is 1. The second-order valence-electron chi connectivity index (χ2n) is 7.26. The minimum Gasteiger partial charge on any atom is -0.344 e. The van der Waals surface area contributed by atoms with Crippen molar-refractivity contribution < 1.29 is 9.18 Å². The van der Waals surface area contributed by atoms with E-state index in [-0.39, 0.29) is 23.7 Å². The summed E-state index contributed by atoms with van der Waals surface area (Å²) in [5, 5.41) is 0.910. The lowest BCUT2D eigenvalue weighted by Gasteiger charge is -2.10. The van der Waals surface area contributed by atoms with Crippen molar-refractivity contribution in [3.63, 3.8) is 0 Å². The fraction of sp³-hybridized carbons (Fsp3) is 0.174. The van der Waals surface area contributed by atoms with E-state index in [0.29, 0.717) is 28.0 Å². The van der Waals surface area contributed by atoms with Crippen molar-refractivity contribution in [1.82, 2.24) is 14.1 Å². The largest absolute Gasteiger partial charge is 0.344 e. The molecule has 152 valence electrons. The minimum atomic E-state index is -0.287. The fourth-order valence-corrected chi connectivity index (χ4v) is 3.75. The number of benzene rings is 2. The Morgan fingerprint density at radius 2 is 1.83 bits per heavy atom. The van der Waals surface area contributed by atoms with Gasteiger partial charge in [-0.3, -0.25) is 14.2 Å². The normalized spacial score (nSPS) is 11.2. The van der Waals surface area contributed by atoms with Crippen LogP contribution in [-0.4, -0.2) is 19.9 Å². The molecule has 0 N–H and O–H groups in total. The number of nitrogens with zero attached hydrogens (tertiary/aromatic N) is 3. The molecule has 0 aliphatic rings. The zero-order chi connectivity index (χ0) is 21.4. The van der Waals surface area contributed by atoms with Gasteiger partial charge in [0.1, 0.15) is 5.82 Å². The Hall–Kier alpha value is -3.25. The van der Waals surface area contributed by atoms with Gasteiger partial charge in [0.25, 0.3) is 5.56 Å². The number of halogens is 2. The number of aromatic nitrogens is 3. The quantitative estimate of drug-likeness (QED) is 0.443. The van der Waals surface area contributed by atoms with Crippen LogP contribution in [0.3, 0.4) is 0 Å². The Morgan fingerprint density at radius 1 is 1.10 bits per heavy atom. The highest BCUT2D eigenvalue weighted by molar-refractivity contribution is 6.31. The lowest BCUT2D eigenvalue weighted by atomic mass is 10.1. The van der Waals surface area contributed by atoms with Crippen LogP contribution in [0.15, 0.2) is 59.7 Å². The first-order valence-corrected chi connectivity index (χ1v) is 9.80. The number of carbonyl (C=O) groups excluding carboxylic acids is 1. The molecule has 0 atom stereocenters. The third-order valence-corrected chi connectivity index (χ3v) is 5.46. The predicted molar refractivity (Wildman–Crippen MR) is 115 cm³/mol. The van der Waals surface area contributed by atoms with E-state index in [1.165, 1.54) is 23.0 Å². The highest BCUT2D eigenvalue weighted by Crippen LogP contribution is 2.19. The van der Waals surface area contributed by atoms with Crippen molar-refractivity contribution >= 4 is 28.3 Å². The number of Topliss-reactive ketones (excluding diaryl/α,β-unsaturated/α-hetero) is 1. The van der Waals surface area contributed by atoms with Gasteiger partial charge in [-0.2, -0.15) is 0 Å². The number of ketones is 1. The average molecular weight is 424 g/mol. The van der Waals surface area contributed by atoms with Crippen molar-refractivity contribution in [1.29, 1.82) is 0 Å². The van der Waals surface area contributed by atoms with Gasteiger partial charge >= 0.3 is 0 Å². The van der Waals surface area contributed by atoms with Gasteiger partial charge in [-0.05, 0) is 55.8 Å². The third kappa shape index (κ3) is 3.78. The highest BCUT2D eigenvalue weighted by atomic mass is 35.5. The molecule has 0 amide bonds. The monoisotopic (exact) mass is 423 g/mol. The van der Waals surface area contributed by atoms with E-state index in [4.69, 9.17) is 11.6 Å². The summed E-state index contributed by atoms with van der Waals surface area (Å²) in [4.78, 5) is 29.9. The molecule has 0 fully saturated rings. The number of hydrogen-bond acceptors (Lipinski definition) is 3. The maximum Gasteiger partial charge on any atom is 0.261 e. The molecule has 0 saturated carbocycles. The van der Waals surface area contributed by atoms with E-state index in [1.54, 1.807) is 30.3 Å². The molecule has 30 heavy (non-hydrogen) atoms. The summed E-state index contributed by atoms with van der Waals surface area (Å²) in [5.41, 5.74) is 3.41. The molecular formula is C23H19ClFN3O2. The van der Waals surface area contributed by atoms with Crippen LogP contribution in [0, 0.1) is 19.7 Å². The van der Waals surface area contributed by atoms with Crippen LogP contribution in [0.2, 0.25) is 5.02 Å². The zero-order valence-electron chi connectivity index (χ0n) is 16.5. The first kappa shape index (κ1) is 20.0. The zero-order valence-corrected chi connectivity index (χ0v) is 17.3. The van der Waals surface area contributed by atoms with Crippen molar-refractivity contribution in [2.75, 3.05) is 0 Å². The Bertz CT molecular complexity index is 1320. The maximum atomic E-state index is 13.2. The summed E-state index contributed by atoms with van der Waals surface area (Å²) in [5.74, 6) is -0.460. The van der Waals surface area contributed by atoms with E-state index in [0.717, 1.165) is 17.0 Å². The van der Waals surface area contributed by atoms with Gasteiger partial charge in [0, 0.05) is 28.5 Å². The van der Waals surface area contributed by atoms with Crippen LogP contribution in [0.25, 0.3) is 10.9 Å². The lowest BCUT2D eigenvalue weighted by Crippen LogP contribution is -2.25. The van der Waals surface area contributed by atoms with E-state index >= 15 is 0 Å². The molecule has 4 aromatic rings. The first-order chi connectivity index (χ1) is 14.3. The molecular weight excluding hydrogens is 405 g/mol. The van der Waals surface area contributed by atoms with Crippen molar-refractivity contribution in [3.05, 3.63) is 98.6 Å². The average Bonchev–Trinajstić information content (AvgIpc) is 3.00. The molecule has 0 aliphatic carbocycles. The molecule has 2 aromatic heterocycles. The SMILES string of the molecule is Cc1cc(C(=O)Cn2cnc3cc(Cl)ccc3c2=O)c(C)n1Cc1ccc(F)cc1. The summed E-state index contributed by atoms with van der Waals surface area (Å²) in [6, 6.07) is 13.0. The van der Waals surface area contributed by atoms with Crippen LogP contribution in [-0.2, 0) is 13.1 Å². The van der Waals surface area contributed by atoms with Crippen LogP contribution in [0.1, 0.15) is 27.3 Å². The molecule has 0 unspecified atom stereocenters. The van der Waals surface area contributed by atoms with Crippen molar-refractivity contribution in [2.45, 2.75) is 26.9 Å². The number of fused-ring (bicyclic) bond motifs is 1. The maximum absolute atomic E-state index is 13.2. The Morgan fingerprint density at radius 3 is 2.57 bits per heavy atom. The summed E-state index contributed by atoms with van der Waals surface area (Å²) in [7, 11) is 0. The summed E-state index contributed by atoms with van der Waals surface area (Å²) < 4.78 is 16.5. The molecule has 0 bridgehead atoms. The Kier molecular flexibility index (Phi) is 5.26. The standard InChI is InChI=1S/C23H19ClFN3O2/c1-14-9-20(15(2)28(14)11-16-3-6-18(25)7-4-16)22(29)12-27-13-26-21-10-17(24)5-8-19(21)23(27)30/h3-10,13H,11-12H2,1-2H3. The second kappa shape index (κ2) is 7.88. The van der Waals surface area contributed by atoms with Crippen LogP contribution >= 0.6 is 11.6 Å². The van der Waals surface area contributed by atoms with Gasteiger partial charge in [-0.1, -0.05) is 23.7 Å². The van der Waals surface area contributed by atoms with Crippen molar-refractivity contribution in [2.24, 2.45) is 0 Å². The summed E-state index contributed by atoms with van der Waals surface area (Å²) in [6.45, 7) is 4.21. The van der Waals surface area contributed by atoms with Gasteiger partial charge in [-0.25, -0.2) is 9.37 Å². The van der Waals surface area contributed by atoms with E-state index in [1.807, 2.05) is 24.5 Å². The van der Waals surface area contributed by atoms with Gasteiger partial charge < -0.3 is 4.57 Å². The molecule has 2 aromatic carbocycles. The van der Waals surface area contributed by atoms with E-state index in [2.05, 4.69) is 4.98 Å². The Balaban J connectivity index is 1.62. The van der Waals surface area contributed by atoms with Crippen LogP contribution < -0.4 is 5.56 Å². The van der Waals surface area contributed by atoms with Gasteiger partial charge in [0.2, 0.25) is 0 Å². The van der Waals surface area contributed by atoms with Gasteiger partial charge in [0.05, 0.1) is 23.8 Å². The smallest absolute Gasteiger partial charge is 0.261 e. The van der Waals surface area contributed by atoms with Crippen LogP contribution in [0.4, 0.5) is 4.39 Å². The fourth-order valence-electron chi connectivity index (χ4n) is 3.58. The number of aryl methyl sites for hydroxylation is 1.